The largest absolute Gasteiger partial charge is 0.382 e. The molecule has 0 heterocycles. The van der Waals surface area contributed by atoms with Crippen LogP contribution in [0.5, 0.6) is 0 Å². The lowest BCUT2D eigenvalue weighted by atomic mass is 10.2. The molecular weight excluding hydrogens is 118 g/mol. The molecule has 0 atom stereocenters. The van der Waals surface area contributed by atoms with Gasteiger partial charge in [-0.3, -0.25) is 9.59 Å². The number of nitrogens with one attached hydrogen (secondary N) is 1. The maximum absolute atomic E-state index is 10.5. The van der Waals surface area contributed by atoms with Crippen LogP contribution in [0.25, 0.3) is 0 Å². The molecule has 0 radical (unpaired) electrons. The van der Waals surface area contributed by atoms with E-state index < -0.39 is 10.9 Å². The Morgan fingerprint density at radius 2 is 2.22 bits per heavy atom. The van der Waals surface area contributed by atoms with Crippen LogP contribution in [0.4, 0.5) is 5.69 Å². The number of rotatable bonds is 2. The average molecular weight is 125 g/mol. The molecule has 0 spiro atoms. The Bertz CT molecular complexity index is 270. The minimum absolute atomic E-state index is 0.392. The van der Waals surface area contributed by atoms with E-state index in [0.717, 1.165) is 0 Å². The molecule has 0 aliphatic rings. The Morgan fingerprint density at radius 3 is 2.56 bits per heavy atom. The molecule has 0 fully saturated rings. The normalized spacial score (nSPS) is 9.89. The summed E-state index contributed by atoms with van der Waals surface area (Å²) in [7, 11) is 0. The summed E-state index contributed by atoms with van der Waals surface area (Å²) in [5.74, 6) is 0. The maximum atomic E-state index is 10.5. The van der Waals surface area contributed by atoms with Crippen LogP contribution in [0.2, 0.25) is 0 Å². The number of hydrogen-bond donors (Lipinski definition) is 1. The lowest BCUT2D eigenvalue weighted by Crippen LogP contribution is -2.32. The van der Waals surface area contributed by atoms with E-state index in [1.807, 2.05) is 6.92 Å². The summed E-state index contributed by atoms with van der Waals surface area (Å²) < 4.78 is 0. The van der Waals surface area contributed by atoms with Gasteiger partial charge in [0, 0.05) is 12.6 Å². The van der Waals surface area contributed by atoms with E-state index in [4.69, 9.17) is 0 Å². The zero-order valence-electron chi connectivity index (χ0n) is 5.10. The third-order valence-corrected chi connectivity index (χ3v) is 1.11. The molecule has 0 unspecified atom stereocenters. The first-order valence-corrected chi connectivity index (χ1v) is 2.80. The second-order valence-corrected chi connectivity index (χ2v) is 1.78. The van der Waals surface area contributed by atoms with Crippen molar-refractivity contribution in [3.8, 4) is 0 Å². The second kappa shape index (κ2) is 2.01. The fourth-order valence-electron chi connectivity index (χ4n) is 0.639. The Hall–Kier alpha value is -1.12. The third kappa shape index (κ3) is 0.850. The van der Waals surface area contributed by atoms with Gasteiger partial charge in [0.05, 0.1) is 5.69 Å². The molecule has 0 bridgehead atoms. The molecular formula is C6H7NO2. The zero-order chi connectivity index (χ0) is 6.85. The molecule has 0 saturated heterocycles. The summed E-state index contributed by atoms with van der Waals surface area (Å²) >= 11 is 0. The van der Waals surface area contributed by atoms with Crippen molar-refractivity contribution in [3.63, 3.8) is 0 Å². The van der Waals surface area contributed by atoms with Crippen molar-refractivity contribution < 1.29 is 0 Å². The van der Waals surface area contributed by atoms with E-state index in [0.29, 0.717) is 12.2 Å². The molecule has 1 N–H and O–H groups in total. The smallest absolute Gasteiger partial charge is 0.248 e. The van der Waals surface area contributed by atoms with Crippen LogP contribution in [0.3, 0.4) is 0 Å². The minimum atomic E-state index is -0.397. The van der Waals surface area contributed by atoms with Gasteiger partial charge in [-0.2, -0.15) is 0 Å². The van der Waals surface area contributed by atoms with Crippen molar-refractivity contribution in [2.75, 3.05) is 11.9 Å². The molecule has 48 valence electrons. The monoisotopic (exact) mass is 125 g/mol. The van der Waals surface area contributed by atoms with Gasteiger partial charge < -0.3 is 5.32 Å². The van der Waals surface area contributed by atoms with E-state index in [1.165, 1.54) is 6.07 Å². The highest BCUT2D eigenvalue weighted by atomic mass is 16.2. The SMILES string of the molecule is CCNc1cc(=O)c1=O. The van der Waals surface area contributed by atoms with Crippen LogP contribution in [-0.4, -0.2) is 6.54 Å². The number of hydrogen-bond acceptors (Lipinski definition) is 3. The van der Waals surface area contributed by atoms with Crippen LogP contribution in [0, 0.1) is 0 Å². The van der Waals surface area contributed by atoms with E-state index in [1.54, 1.807) is 0 Å². The van der Waals surface area contributed by atoms with Crippen molar-refractivity contribution in [2.24, 2.45) is 0 Å². The van der Waals surface area contributed by atoms with E-state index in [-0.39, 0.29) is 0 Å². The molecule has 3 heteroatoms. The Morgan fingerprint density at radius 1 is 1.56 bits per heavy atom. The predicted molar refractivity (Wildman–Crippen MR) is 35.5 cm³/mol. The molecule has 0 saturated carbocycles. The molecule has 1 aromatic rings. The summed E-state index contributed by atoms with van der Waals surface area (Å²) in [6.07, 6.45) is 0. The standard InChI is InChI=1S/C6H7NO2/c1-2-7-4-3-5(8)6(4)9/h3,7H,2H2,1H3. The highest BCUT2D eigenvalue weighted by molar-refractivity contribution is 5.46. The van der Waals surface area contributed by atoms with Crippen molar-refractivity contribution in [1.29, 1.82) is 0 Å². The van der Waals surface area contributed by atoms with Gasteiger partial charge in [-0.25, -0.2) is 0 Å². The fourth-order valence-corrected chi connectivity index (χ4v) is 0.639. The summed E-state index contributed by atoms with van der Waals surface area (Å²) in [4.78, 5) is 20.7. The third-order valence-electron chi connectivity index (χ3n) is 1.11. The zero-order valence-corrected chi connectivity index (χ0v) is 5.10. The van der Waals surface area contributed by atoms with Crippen LogP contribution < -0.4 is 16.2 Å². The van der Waals surface area contributed by atoms with Crippen molar-refractivity contribution in [2.45, 2.75) is 6.92 Å². The molecule has 0 aliphatic carbocycles. The quantitative estimate of drug-likeness (QED) is 0.553. The van der Waals surface area contributed by atoms with Gasteiger partial charge in [0.1, 0.15) is 0 Å². The fraction of sp³-hybridized carbons (Fsp3) is 0.333. The topological polar surface area (TPSA) is 46.2 Å². The molecule has 1 rings (SSSR count). The van der Waals surface area contributed by atoms with E-state index in [2.05, 4.69) is 5.32 Å². The van der Waals surface area contributed by atoms with Crippen molar-refractivity contribution >= 4 is 5.69 Å². The molecule has 3 nitrogen and oxygen atoms in total. The molecule has 0 amide bonds. The van der Waals surface area contributed by atoms with E-state index in [9.17, 15) is 9.59 Å². The lowest BCUT2D eigenvalue weighted by Gasteiger charge is -2.00. The molecule has 0 aromatic heterocycles. The first-order chi connectivity index (χ1) is 4.25. The van der Waals surface area contributed by atoms with Gasteiger partial charge in [0.15, 0.2) is 0 Å². The van der Waals surface area contributed by atoms with Gasteiger partial charge in [0.2, 0.25) is 10.9 Å². The summed E-state index contributed by atoms with van der Waals surface area (Å²) in [6.45, 7) is 2.56. The van der Waals surface area contributed by atoms with Crippen LogP contribution in [-0.2, 0) is 0 Å². The Kier molecular flexibility index (Phi) is 1.34. The van der Waals surface area contributed by atoms with Crippen molar-refractivity contribution in [3.05, 3.63) is 26.5 Å². The van der Waals surface area contributed by atoms with Gasteiger partial charge in [0.25, 0.3) is 0 Å². The maximum Gasteiger partial charge on any atom is 0.248 e. The molecule has 1 aromatic carbocycles. The lowest BCUT2D eigenvalue weighted by molar-refractivity contribution is 1.18. The second-order valence-electron chi connectivity index (χ2n) is 1.78. The van der Waals surface area contributed by atoms with Gasteiger partial charge in [-0.05, 0) is 6.92 Å². The predicted octanol–water partition coefficient (Wildman–Crippen LogP) is -0.286. The van der Waals surface area contributed by atoms with Gasteiger partial charge in [-0.1, -0.05) is 0 Å². The summed E-state index contributed by atoms with van der Waals surface area (Å²) in [5.41, 5.74) is -0.342. The van der Waals surface area contributed by atoms with Crippen molar-refractivity contribution in [1.82, 2.24) is 0 Å². The highest BCUT2D eigenvalue weighted by Gasteiger charge is 2.05. The summed E-state index contributed by atoms with van der Waals surface area (Å²) in [5, 5.41) is 2.75. The first kappa shape index (κ1) is 6.01. The van der Waals surface area contributed by atoms with Crippen LogP contribution in [0.15, 0.2) is 15.7 Å². The summed E-state index contributed by atoms with van der Waals surface area (Å²) in [6, 6.07) is 1.31. The number of anilines is 1. The average Bonchev–Trinajstić information content (AvgIpc) is 1.88. The van der Waals surface area contributed by atoms with E-state index >= 15 is 0 Å². The molecule has 0 aliphatic heterocycles. The van der Waals surface area contributed by atoms with Gasteiger partial charge in [-0.15, -0.1) is 0 Å². The minimum Gasteiger partial charge on any atom is -0.382 e. The Balaban J connectivity index is 2.80. The Labute approximate surface area is 52.0 Å². The van der Waals surface area contributed by atoms with Crippen LogP contribution in [0.1, 0.15) is 6.92 Å². The highest BCUT2D eigenvalue weighted by Crippen LogP contribution is 1.92. The van der Waals surface area contributed by atoms with Gasteiger partial charge >= 0.3 is 0 Å². The first-order valence-electron chi connectivity index (χ1n) is 2.80. The molecule has 9 heavy (non-hydrogen) atoms. The van der Waals surface area contributed by atoms with Crippen LogP contribution >= 0.6 is 0 Å².